The molecule has 2 aromatic rings. The minimum absolute atomic E-state index is 0.624. The Labute approximate surface area is 68.6 Å². The molecule has 1 atom stereocenters. The van der Waals surface area contributed by atoms with E-state index in [2.05, 4.69) is 4.98 Å². The second-order valence-corrected chi connectivity index (χ2v) is 2.52. The van der Waals surface area contributed by atoms with E-state index in [9.17, 15) is 0 Å². The number of hydrogen-bond acceptors (Lipinski definition) is 4. The third-order valence-electron chi connectivity index (χ3n) is 1.70. The van der Waals surface area contributed by atoms with Crippen molar-refractivity contribution in [3.63, 3.8) is 0 Å². The zero-order valence-electron chi connectivity index (χ0n) is 6.27. The average molecular weight is 164 g/mol. The van der Waals surface area contributed by atoms with Crippen LogP contribution in [0.5, 0.6) is 0 Å². The van der Waals surface area contributed by atoms with Gasteiger partial charge in [-0.3, -0.25) is 0 Å². The molecule has 0 aliphatic heterocycles. The molecule has 1 aromatic carbocycles. The van der Waals surface area contributed by atoms with E-state index in [4.69, 9.17) is 15.3 Å². The van der Waals surface area contributed by atoms with Crippen molar-refractivity contribution < 1.29 is 9.52 Å². The maximum absolute atomic E-state index is 9.04. The summed E-state index contributed by atoms with van der Waals surface area (Å²) in [6.07, 6.45) is 0.400. The van der Waals surface area contributed by atoms with Crippen molar-refractivity contribution >= 4 is 11.1 Å². The van der Waals surface area contributed by atoms with E-state index in [-0.39, 0.29) is 0 Å². The number of nitrogens with zero attached hydrogens (tertiary/aromatic N) is 1. The van der Waals surface area contributed by atoms with Crippen molar-refractivity contribution in [1.29, 1.82) is 0 Å². The first-order valence-corrected chi connectivity index (χ1v) is 3.54. The number of oxazole rings is 1. The summed E-state index contributed by atoms with van der Waals surface area (Å²) < 4.78 is 5.03. The van der Waals surface area contributed by atoms with Crippen LogP contribution in [0.1, 0.15) is 11.8 Å². The summed E-state index contributed by atoms with van der Waals surface area (Å²) in [4.78, 5) is 3.93. The minimum atomic E-state index is -0.959. The molecular formula is C8H8N2O2. The van der Waals surface area contributed by atoms with Crippen LogP contribution < -0.4 is 5.73 Å². The zero-order valence-corrected chi connectivity index (χ0v) is 6.27. The lowest BCUT2D eigenvalue weighted by atomic mass is 10.2. The zero-order chi connectivity index (χ0) is 8.55. The third kappa shape index (κ3) is 1.07. The molecule has 3 N–H and O–H groups in total. The van der Waals surface area contributed by atoms with Gasteiger partial charge < -0.3 is 15.3 Å². The number of fused-ring (bicyclic) bond motifs is 1. The molecular weight excluding hydrogens is 156 g/mol. The Kier molecular flexibility index (Phi) is 1.56. The number of hydrogen-bond donors (Lipinski definition) is 2. The second-order valence-electron chi connectivity index (χ2n) is 2.52. The predicted molar refractivity (Wildman–Crippen MR) is 43.2 cm³/mol. The standard InChI is InChI=1S/C8H8N2O2/c9-8(11)5-1-2-6-7(3-5)12-4-10-6/h1-4,8,11H,9H2. The van der Waals surface area contributed by atoms with Gasteiger partial charge >= 0.3 is 0 Å². The normalized spacial score (nSPS) is 13.5. The molecule has 1 aromatic heterocycles. The van der Waals surface area contributed by atoms with E-state index < -0.39 is 6.23 Å². The largest absolute Gasteiger partial charge is 0.443 e. The molecule has 0 aliphatic carbocycles. The van der Waals surface area contributed by atoms with E-state index in [1.54, 1.807) is 18.2 Å². The van der Waals surface area contributed by atoms with Crippen LogP contribution in [0.4, 0.5) is 0 Å². The smallest absolute Gasteiger partial charge is 0.181 e. The van der Waals surface area contributed by atoms with Crippen LogP contribution in [0, 0.1) is 0 Å². The number of benzene rings is 1. The van der Waals surface area contributed by atoms with Gasteiger partial charge in [0.2, 0.25) is 0 Å². The summed E-state index contributed by atoms with van der Waals surface area (Å²) in [6.45, 7) is 0. The van der Waals surface area contributed by atoms with Crippen molar-refractivity contribution in [1.82, 2.24) is 4.98 Å². The number of nitrogens with two attached hydrogens (primary N) is 1. The van der Waals surface area contributed by atoms with Gasteiger partial charge in [0.1, 0.15) is 11.7 Å². The monoisotopic (exact) mass is 164 g/mol. The Bertz CT molecular complexity index is 395. The molecule has 0 bridgehead atoms. The van der Waals surface area contributed by atoms with Crippen molar-refractivity contribution in [3.05, 3.63) is 30.2 Å². The first-order valence-electron chi connectivity index (χ1n) is 3.54. The second kappa shape index (κ2) is 2.58. The lowest BCUT2D eigenvalue weighted by Gasteiger charge is -2.02. The summed E-state index contributed by atoms with van der Waals surface area (Å²) >= 11 is 0. The maximum Gasteiger partial charge on any atom is 0.181 e. The summed E-state index contributed by atoms with van der Waals surface area (Å²) in [5.74, 6) is 0. The minimum Gasteiger partial charge on any atom is -0.443 e. The summed E-state index contributed by atoms with van der Waals surface area (Å²) in [5, 5.41) is 9.04. The van der Waals surface area contributed by atoms with Gasteiger partial charge in [0.25, 0.3) is 0 Å². The molecule has 0 amide bonds. The maximum atomic E-state index is 9.04. The van der Waals surface area contributed by atoms with E-state index >= 15 is 0 Å². The molecule has 0 radical (unpaired) electrons. The highest BCUT2D eigenvalue weighted by Crippen LogP contribution is 2.16. The number of aliphatic hydroxyl groups is 1. The Morgan fingerprint density at radius 2 is 2.33 bits per heavy atom. The van der Waals surface area contributed by atoms with Crippen LogP contribution in [0.15, 0.2) is 29.0 Å². The Morgan fingerprint density at radius 3 is 3.08 bits per heavy atom. The number of rotatable bonds is 1. The van der Waals surface area contributed by atoms with Gasteiger partial charge in [0.05, 0.1) is 0 Å². The van der Waals surface area contributed by atoms with Crippen molar-refractivity contribution in [2.24, 2.45) is 5.73 Å². The molecule has 62 valence electrons. The van der Waals surface area contributed by atoms with Crippen molar-refractivity contribution in [3.8, 4) is 0 Å². The molecule has 1 unspecified atom stereocenters. The van der Waals surface area contributed by atoms with Crippen LogP contribution in [-0.4, -0.2) is 10.1 Å². The highest BCUT2D eigenvalue weighted by molar-refractivity contribution is 5.72. The lowest BCUT2D eigenvalue weighted by Crippen LogP contribution is -2.07. The molecule has 0 fully saturated rings. The van der Waals surface area contributed by atoms with Gasteiger partial charge in [-0.15, -0.1) is 0 Å². The van der Waals surface area contributed by atoms with Crippen LogP contribution in [0.2, 0.25) is 0 Å². The predicted octanol–water partition coefficient (Wildman–Crippen LogP) is 0.777. The molecule has 0 saturated heterocycles. The van der Waals surface area contributed by atoms with Crippen LogP contribution in [-0.2, 0) is 0 Å². The summed E-state index contributed by atoms with van der Waals surface area (Å²) in [7, 11) is 0. The van der Waals surface area contributed by atoms with Gasteiger partial charge in [-0.05, 0) is 17.7 Å². The first-order chi connectivity index (χ1) is 5.77. The van der Waals surface area contributed by atoms with E-state index in [0.717, 1.165) is 5.52 Å². The first kappa shape index (κ1) is 7.27. The summed E-state index contributed by atoms with van der Waals surface area (Å²) in [6, 6.07) is 5.15. The molecule has 2 rings (SSSR count). The SMILES string of the molecule is NC(O)c1ccc2ncoc2c1. The highest BCUT2D eigenvalue weighted by Gasteiger charge is 2.03. The van der Waals surface area contributed by atoms with Gasteiger partial charge in [-0.1, -0.05) is 6.07 Å². The average Bonchev–Trinajstić information content (AvgIpc) is 2.49. The molecule has 1 heterocycles. The van der Waals surface area contributed by atoms with Crippen LogP contribution in [0.25, 0.3) is 11.1 Å². The Morgan fingerprint density at radius 1 is 1.50 bits per heavy atom. The van der Waals surface area contributed by atoms with Gasteiger partial charge in [0, 0.05) is 0 Å². The van der Waals surface area contributed by atoms with Gasteiger partial charge in [-0.2, -0.15) is 0 Å². The topological polar surface area (TPSA) is 72.3 Å². The Balaban J connectivity index is 2.60. The fraction of sp³-hybridized carbons (Fsp3) is 0.125. The Hall–Kier alpha value is -1.39. The fourth-order valence-corrected chi connectivity index (χ4v) is 1.06. The quantitative estimate of drug-likeness (QED) is 0.611. The number of aromatic nitrogens is 1. The molecule has 4 nitrogen and oxygen atoms in total. The van der Waals surface area contributed by atoms with E-state index in [1.165, 1.54) is 6.39 Å². The van der Waals surface area contributed by atoms with Crippen molar-refractivity contribution in [2.45, 2.75) is 6.23 Å². The summed E-state index contributed by atoms with van der Waals surface area (Å²) in [5.41, 5.74) is 7.29. The van der Waals surface area contributed by atoms with E-state index in [1.807, 2.05) is 0 Å². The lowest BCUT2D eigenvalue weighted by molar-refractivity contribution is 0.186. The van der Waals surface area contributed by atoms with Gasteiger partial charge in [-0.25, -0.2) is 4.98 Å². The molecule has 0 spiro atoms. The van der Waals surface area contributed by atoms with Crippen LogP contribution in [0.3, 0.4) is 0 Å². The van der Waals surface area contributed by atoms with Crippen molar-refractivity contribution in [2.75, 3.05) is 0 Å². The van der Waals surface area contributed by atoms with E-state index in [0.29, 0.717) is 11.1 Å². The number of aliphatic hydroxyl groups excluding tert-OH is 1. The third-order valence-corrected chi connectivity index (χ3v) is 1.70. The van der Waals surface area contributed by atoms with Gasteiger partial charge in [0.15, 0.2) is 12.0 Å². The highest BCUT2D eigenvalue weighted by atomic mass is 16.3. The molecule has 4 heteroatoms. The molecule has 12 heavy (non-hydrogen) atoms. The molecule has 0 aliphatic rings. The molecule has 0 saturated carbocycles. The van der Waals surface area contributed by atoms with Crippen LogP contribution >= 0.6 is 0 Å². The fourth-order valence-electron chi connectivity index (χ4n) is 1.06.